The number of benzene rings is 1. The highest BCUT2D eigenvalue weighted by Gasteiger charge is 2.19. The van der Waals surface area contributed by atoms with Crippen molar-refractivity contribution in [1.82, 2.24) is 9.97 Å². The van der Waals surface area contributed by atoms with Crippen LogP contribution in [-0.4, -0.2) is 27.6 Å². The lowest BCUT2D eigenvalue weighted by Crippen LogP contribution is -2.14. The zero-order valence-corrected chi connectivity index (χ0v) is 19.7. The van der Waals surface area contributed by atoms with Crippen molar-refractivity contribution in [2.24, 2.45) is 0 Å². The van der Waals surface area contributed by atoms with Gasteiger partial charge in [-0.2, -0.15) is 0 Å². The number of hydrogen-bond donors (Lipinski definition) is 2. The fourth-order valence-corrected chi connectivity index (χ4v) is 4.88. The van der Waals surface area contributed by atoms with Crippen molar-refractivity contribution in [3.05, 3.63) is 74.9 Å². The highest BCUT2D eigenvalue weighted by molar-refractivity contribution is 7.09. The predicted molar refractivity (Wildman–Crippen MR) is 127 cm³/mol. The lowest BCUT2D eigenvalue weighted by atomic mass is 9.91. The van der Waals surface area contributed by atoms with Gasteiger partial charge in [0, 0.05) is 17.6 Å². The molecule has 0 fully saturated rings. The Bertz CT molecular complexity index is 1110. The molecule has 2 N–H and O–H groups in total. The molecule has 1 aliphatic rings. The first kappa shape index (κ1) is 25.1. The molecular weight excluding hydrogens is 468 g/mol. The number of rotatable bonds is 9. The Hall–Kier alpha value is -2.58. The maximum absolute atomic E-state index is 13.6. The van der Waals surface area contributed by atoms with Gasteiger partial charge in [0.05, 0.1) is 17.1 Å². The molecule has 4 rings (SSSR count). The standard InChI is InChI=1S/C24H25F2N3O2S.ClH/c25-20-9-7-16(12-21(20)26)17(13-23(30)31)11-19-14-32-22(28-19)5-1-4-18-8-6-15-3-2-10-27-24(15)29-18;/h6-9,12,14,17H,1-5,10-11,13H2,(H,27,29)(H,30,31);1H. The van der Waals surface area contributed by atoms with Gasteiger partial charge in [0.25, 0.3) is 0 Å². The molecule has 2 aromatic heterocycles. The second kappa shape index (κ2) is 11.5. The van der Waals surface area contributed by atoms with Crippen molar-refractivity contribution in [3.8, 4) is 0 Å². The molecule has 1 unspecified atom stereocenters. The number of carbonyl (C=O) groups is 1. The molecule has 1 atom stereocenters. The van der Waals surface area contributed by atoms with Gasteiger partial charge in [-0.1, -0.05) is 12.1 Å². The largest absolute Gasteiger partial charge is 0.481 e. The molecule has 9 heteroatoms. The lowest BCUT2D eigenvalue weighted by molar-refractivity contribution is -0.137. The van der Waals surface area contributed by atoms with E-state index < -0.39 is 23.5 Å². The molecule has 1 aromatic carbocycles. The average molecular weight is 494 g/mol. The highest BCUT2D eigenvalue weighted by Crippen LogP contribution is 2.27. The molecule has 0 aliphatic carbocycles. The van der Waals surface area contributed by atoms with Gasteiger partial charge in [0.2, 0.25) is 0 Å². The van der Waals surface area contributed by atoms with Crippen LogP contribution in [0, 0.1) is 11.6 Å². The second-order valence-corrected chi connectivity index (χ2v) is 9.04. The molecule has 0 saturated carbocycles. The van der Waals surface area contributed by atoms with Crippen molar-refractivity contribution < 1.29 is 18.7 Å². The van der Waals surface area contributed by atoms with E-state index in [1.165, 1.54) is 11.6 Å². The van der Waals surface area contributed by atoms with Gasteiger partial charge in [-0.15, -0.1) is 23.7 Å². The summed E-state index contributed by atoms with van der Waals surface area (Å²) in [5.74, 6) is -2.36. The molecule has 1 aliphatic heterocycles. The number of aromatic nitrogens is 2. The third-order valence-electron chi connectivity index (χ3n) is 5.67. The van der Waals surface area contributed by atoms with Crippen LogP contribution >= 0.6 is 23.7 Å². The number of aryl methyl sites for hydroxylation is 3. The van der Waals surface area contributed by atoms with Crippen molar-refractivity contribution in [2.45, 2.75) is 50.9 Å². The first-order valence-corrected chi connectivity index (χ1v) is 11.7. The first-order valence-electron chi connectivity index (χ1n) is 10.8. The summed E-state index contributed by atoms with van der Waals surface area (Å²) in [6, 6.07) is 7.82. The number of carboxylic acids is 1. The van der Waals surface area contributed by atoms with E-state index in [1.807, 2.05) is 5.38 Å². The smallest absolute Gasteiger partial charge is 0.303 e. The monoisotopic (exact) mass is 493 g/mol. The number of nitrogens with one attached hydrogen (secondary N) is 1. The van der Waals surface area contributed by atoms with E-state index >= 15 is 0 Å². The Morgan fingerprint density at radius 2 is 1.97 bits per heavy atom. The number of hydrogen-bond acceptors (Lipinski definition) is 5. The minimum absolute atomic E-state index is 0. The van der Waals surface area contributed by atoms with E-state index in [9.17, 15) is 18.7 Å². The summed E-state index contributed by atoms with van der Waals surface area (Å²) in [5.41, 5.74) is 3.58. The van der Waals surface area contributed by atoms with Crippen molar-refractivity contribution in [1.29, 1.82) is 0 Å². The fraction of sp³-hybridized carbons (Fsp3) is 0.375. The third kappa shape index (κ3) is 6.71. The number of nitrogens with zero attached hydrogens (tertiary/aromatic N) is 2. The summed E-state index contributed by atoms with van der Waals surface area (Å²) in [6.07, 6.45) is 5.00. The normalized spacial score (nSPS) is 13.5. The zero-order valence-electron chi connectivity index (χ0n) is 18.0. The maximum Gasteiger partial charge on any atom is 0.303 e. The number of fused-ring (bicyclic) bond motifs is 1. The van der Waals surface area contributed by atoms with Gasteiger partial charge in [-0.3, -0.25) is 4.79 Å². The van der Waals surface area contributed by atoms with Crippen LogP contribution in [0.5, 0.6) is 0 Å². The predicted octanol–water partition coefficient (Wildman–Crippen LogP) is 5.57. The number of carboxylic acid groups (broad SMARTS) is 1. The summed E-state index contributed by atoms with van der Waals surface area (Å²) < 4.78 is 26.9. The summed E-state index contributed by atoms with van der Waals surface area (Å²) >= 11 is 1.54. The Morgan fingerprint density at radius 1 is 1.12 bits per heavy atom. The average Bonchev–Trinajstić information content (AvgIpc) is 3.22. The maximum atomic E-state index is 13.6. The van der Waals surface area contributed by atoms with Crippen LogP contribution in [0.25, 0.3) is 0 Å². The Morgan fingerprint density at radius 3 is 2.76 bits per heavy atom. The van der Waals surface area contributed by atoms with Gasteiger partial charge in [0.1, 0.15) is 5.82 Å². The topological polar surface area (TPSA) is 75.1 Å². The van der Waals surface area contributed by atoms with E-state index in [1.54, 1.807) is 11.3 Å². The molecule has 0 amide bonds. The van der Waals surface area contributed by atoms with Crippen LogP contribution in [0.4, 0.5) is 14.6 Å². The summed E-state index contributed by atoms with van der Waals surface area (Å²) in [7, 11) is 0. The van der Waals surface area contributed by atoms with Gasteiger partial charge in [0.15, 0.2) is 11.6 Å². The number of halogens is 3. The molecule has 3 heterocycles. The van der Waals surface area contributed by atoms with Crippen LogP contribution in [-0.2, 0) is 30.5 Å². The Labute approximate surface area is 201 Å². The lowest BCUT2D eigenvalue weighted by Gasteiger charge is -2.17. The molecule has 3 aromatic rings. The Balaban J connectivity index is 0.00000306. The van der Waals surface area contributed by atoms with Crippen molar-refractivity contribution in [2.75, 3.05) is 11.9 Å². The van der Waals surface area contributed by atoms with Crippen LogP contribution in [0.1, 0.15) is 52.7 Å². The van der Waals surface area contributed by atoms with Gasteiger partial charge in [-0.05, 0) is 73.8 Å². The minimum atomic E-state index is -0.984. The van der Waals surface area contributed by atoms with Gasteiger partial charge >= 0.3 is 5.97 Å². The van der Waals surface area contributed by atoms with E-state index in [4.69, 9.17) is 4.98 Å². The van der Waals surface area contributed by atoms with Crippen LogP contribution in [0.2, 0.25) is 0 Å². The summed E-state index contributed by atoms with van der Waals surface area (Å²) in [4.78, 5) is 20.7. The number of aliphatic carboxylic acids is 1. The zero-order chi connectivity index (χ0) is 22.5. The molecule has 0 saturated heterocycles. The highest BCUT2D eigenvalue weighted by atomic mass is 35.5. The molecule has 5 nitrogen and oxygen atoms in total. The first-order chi connectivity index (χ1) is 15.5. The molecule has 0 radical (unpaired) electrons. The van der Waals surface area contributed by atoms with Crippen molar-refractivity contribution >= 4 is 35.5 Å². The van der Waals surface area contributed by atoms with Crippen LogP contribution in [0.3, 0.4) is 0 Å². The molecule has 33 heavy (non-hydrogen) atoms. The van der Waals surface area contributed by atoms with E-state index in [-0.39, 0.29) is 18.8 Å². The molecule has 0 bridgehead atoms. The molecular formula is C24H26ClF2N3O2S. The van der Waals surface area contributed by atoms with Crippen LogP contribution < -0.4 is 5.32 Å². The summed E-state index contributed by atoms with van der Waals surface area (Å²) in [6.45, 7) is 0.971. The van der Waals surface area contributed by atoms with Crippen LogP contribution in [0.15, 0.2) is 35.7 Å². The number of anilines is 1. The van der Waals surface area contributed by atoms with E-state index in [0.717, 1.165) is 73.0 Å². The van der Waals surface area contributed by atoms with E-state index in [0.29, 0.717) is 12.0 Å². The van der Waals surface area contributed by atoms with Crippen molar-refractivity contribution in [3.63, 3.8) is 0 Å². The number of thiazole rings is 1. The third-order valence-corrected chi connectivity index (χ3v) is 6.62. The fourth-order valence-electron chi connectivity index (χ4n) is 4.02. The second-order valence-electron chi connectivity index (χ2n) is 8.10. The quantitative estimate of drug-likeness (QED) is 0.407. The molecule has 0 spiro atoms. The van der Waals surface area contributed by atoms with Gasteiger partial charge in [-0.25, -0.2) is 18.7 Å². The molecule has 176 valence electrons. The SMILES string of the molecule is Cl.O=C(O)CC(Cc1csc(CCCc2ccc3c(n2)NCCC3)n1)c1ccc(F)c(F)c1. The van der Waals surface area contributed by atoms with E-state index in [2.05, 4.69) is 22.4 Å². The van der Waals surface area contributed by atoms with Gasteiger partial charge < -0.3 is 10.4 Å². The number of pyridine rings is 1. The minimum Gasteiger partial charge on any atom is -0.481 e. The Kier molecular flexibility index (Phi) is 8.74. The summed E-state index contributed by atoms with van der Waals surface area (Å²) in [5, 5.41) is 15.5.